The number of hydrogen-bond acceptors (Lipinski definition) is 1. The van der Waals surface area contributed by atoms with Crippen molar-refractivity contribution in [2.24, 2.45) is 5.92 Å². The number of rotatable bonds is 13. The summed E-state index contributed by atoms with van der Waals surface area (Å²) in [5, 5.41) is 0. The second-order valence-electron chi connectivity index (χ2n) is 10.0. The normalized spacial score (nSPS) is 18.7. The highest BCUT2D eigenvalue weighted by Gasteiger charge is 2.22. The first-order chi connectivity index (χ1) is 15.7. The highest BCUT2D eigenvalue weighted by atomic mass is 19.1. The van der Waals surface area contributed by atoms with Gasteiger partial charge in [-0.2, -0.15) is 0 Å². The number of aryl methyl sites for hydroxylation is 1. The van der Waals surface area contributed by atoms with Crippen LogP contribution in [0, 0.1) is 11.7 Å². The van der Waals surface area contributed by atoms with Crippen LogP contribution in [0.2, 0.25) is 0 Å². The number of aromatic nitrogens is 1. The van der Waals surface area contributed by atoms with Crippen molar-refractivity contribution < 1.29 is 4.39 Å². The number of halogens is 1. The van der Waals surface area contributed by atoms with E-state index in [1.54, 1.807) is 6.07 Å². The highest BCUT2D eigenvalue weighted by Crippen LogP contribution is 2.38. The Balaban J connectivity index is 1.46. The van der Waals surface area contributed by atoms with Crippen molar-refractivity contribution in [2.75, 3.05) is 0 Å². The monoisotopic (exact) mass is 437 g/mol. The standard InChI is InChI=1S/C30H44FN/c1-3-5-7-8-9-11-12-24-14-17-26(18-15-24)27-19-21-30(32-23-27)28-20-16-25(22-29(28)31)13-10-6-4-2/h16,19-24,26H,3-15,17-18H2,1-2H3/t24-,26-. The van der Waals surface area contributed by atoms with Crippen molar-refractivity contribution >= 4 is 0 Å². The summed E-state index contributed by atoms with van der Waals surface area (Å²) in [6.07, 6.45) is 21.6. The first-order valence-electron chi connectivity index (χ1n) is 13.5. The van der Waals surface area contributed by atoms with Crippen molar-refractivity contribution in [3.05, 3.63) is 53.5 Å². The van der Waals surface area contributed by atoms with Crippen LogP contribution in [-0.4, -0.2) is 4.98 Å². The summed E-state index contributed by atoms with van der Waals surface area (Å²) >= 11 is 0. The van der Waals surface area contributed by atoms with Crippen LogP contribution in [0.1, 0.15) is 121 Å². The molecule has 3 rings (SSSR count). The van der Waals surface area contributed by atoms with Gasteiger partial charge in [0.1, 0.15) is 5.82 Å². The lowest BCUT2D eigenvalue weighted by atomic mass is 9.77. The average molecular weight is 438 g/mol. The summed E-state index contributed by atoms with van der Waals surface area (Å²) in [6.45, 7) is 4.48. The molecular formula is C30H44FN. The molecule has 0 aliphatic heterocycles. The molecule has 1 aromatic carbocycles. The fraction of sp³-hybridized carbons (Fsp3) is 0.633. The second kappa shape index (κ2) is 13.8. The van der Waals surface area contributed by atoms with Crippen LogP contribution in [-0.2, 0) is 6.42 Å². The molecule has 0 N–H and O–H groups in total. The molecule has 1 saturated carbocycles. The fourth-order valence-corrected chi connectivity index (χ4v) is 5.30. The SMILES string of the molecule is CCCCCCCC[C@H]1CC[C@H](c2ccc(-c3ccc(CCCCC)cc3F)nc2)CC1. The number of pyridine rings is 1. The van der Waals surface area contributed by atoms with Gasteiger partial charge in [0.15, 0.2) is 0 Å². The van der Waals surface area contributed by atoms with Crippen molar-refractivity contribution in [3.63, 3.8) is 0 Å². The van der Waals surface area contributed by atoms with Crippen LogP contribution in [0.5, 0.6) is 0 Å². The van der Waals surface area contributed by atoms with Gasteiger partial charge >= 0.3 is 0 Å². The Morgan fingerprint density at radius 3 is 2.22 bits per heavy atom. The summed E-state index contributed by atoms with van der Waals surface area (Å²) in [5.74, 6) is 1.41. The van der Waals surface area contributed by atoms with Gasteiger partial charge in [0.05, 0.1) is 5.69 Å². The first kappa shape index (κ1) is 24.9. The molecule has 0 unspecified atom stereocenters. The maximum Gasteiger partial charge on any atom is 0.132 e. The van der Waals surface area contributed by atoms with Gasteiger partial charge in [-0.25, -0.2) is 4.39 Å². The highest BCUT2D eigenvalue weighted by molar-refractivity contribution is 5.60. The van der Waals surface area contributed by atoms with Gasteiger partial charge in [-0.3, -0.25) is 4.98 Å². The lowest BCUT2D eigenvalue weighted by Crippen LogP contribution is -2.13. The molecule has 0 atom stereocenters. The summed E-state index contributed by atoms with van der Waals surface area (Å²) < 4.78 is 14.7. The lowest BCUT2D eigenvalue weighted by molar-refractivity contribution is 0.301. The van der Waals surface area contributed by atoms with E-state index in [1.807, 2.05) is 18.3 Å². The molecule has 1 nitrogen and oxygen atoms in total. The number of nitrogens with zero attached hydrogens (tertiary/aromatic N) is 1. The molecule has 2 heteroatoms. The molecule has 0 amide bonds. The summed E-state index contributed by atoms with van der Waals surface area (Å²) in [6, 6.07) is 9.88. The van der Waals surface area contributed by atoms with Gasteiger partial charge in [0.2, 0.25) is 0 Å². The first-order valence-corrected chi connectivity index (χ1v) is 13.5. The predicted octanol–water partition coefficient (Wildman–Crippen LogP) is 9.64. The van der Waals surface area contributed by atoms with E-state index in [0.717, 1.165) is 30.0 Å². The summed E-state index contributed by atoms with van der Waals surface area (Å²) in [7, 11) is 0. The van der Waals surface area contributed by atoms with Crippen LogP contribution < -0.4 is 0 Å². The second-order valence-corrected chi connectivity index (χ2v) is 10.0. The van der Waals surface area contributed by atoms with E-state index in [0.29, 0.717) is 11.5 Å². The van der Waals surface area contributed by atoms with E-state index in [2.05, 4.69) is 31.0 Å². The lowest BCUT2D eigenvalue weighted by Gasteiger charge is -2.28. The van der Waals surface area contributed by atoms with E-state index >= 15 is 0 Å². The molecule has 0 spiro atoms. The Kier molecular flexibility index (Phi) is 10.7. The van der Waals surface area contributed by atoms with Gasteiger partial charge in [0, 0.05) is 11.8 Å². The van der Waals surface area contributed by atoms with Crippen LogP contribution in [0.25, 0.3) is 11.3 Å². The fourth-order valence-electron chi connectivity index (χ4n) is 5.30. The maximum atomic E-state index is 14.7. The molecule has 0 saturated heterocycles. The van der Waals surface area contributed by atoms with Crippen molar-refractivity contribution in [2.45, 2.75) is 116 Å². The quantitative estimate of drug-likeness (QED) is 0.284. The van der Waals surface area contributed by atoms with Gasteiger partial charge in [-0.15, -0.1) is 0 Å². The summed E-state index contributed by atoms with van der Waals surface area (Å²) in [5.41, 5.74) is 3.80. The van der Waals surface area contributed by atoms with Crippen LogP contribution >= 0.6 is 0 Å². The van der Waals surface area contributed by atoms with E-state index in [-0.39, 0.29) is 5.82 Å². The van der Waals surface area contributed by atoms with Gasteiger partial charge in [-0.05, 0) is 79.7 Å². The number of benzene rings is 1. The molecule has 1 aliphatic rings. The third-order valence-corrected chi connectivity index (χ3v) is 7.45. The molecule has 1 aromatic heterocycles. The van der Waals surface area contributed by atoms with Crippen molar-refractivity contribution in [1.29, 1.82) is 0 Å². The molecule has 176 valence electrons. The zero-order valence-electron chi connectivity index (χ0n) is 20.6. The predicted molar refractivity (Wildman–Crippen MR) is 136 cm³/mol. The molecule has 1 heterocycles. The van der Waals surface area contributed by atoms with Gasteiger partial charge in [0.25, 0.3) is 0 Å². The van der Waals surface area contributed by atoms with E-state index < -0.39 is 0 Å². The van der Waals surface area contributed by atoms with Crippen LogP contribution in [0.3, 0.4) is 0 Å². The molecule has 2 aromatic rings. The van der Waals surface area contributed by atoms with E-state index in [9.17, 15) is 4.39 Å². The Morgan fingerprint density at radius 1 is 0.812 bits per heavy atom. The molecule has 0 bridgehead atoms. The third-order valence-electron chi connectivity index (χ3n) is 7.45. The Labute approximate surface area is 196 Å². The van der Waals surface area contributed by atoms with Gasteiger partial charge in [-0.1, -0.05) is 83.8 Å². The van der Waals surface area contributed by atoms with Crippen molar-refractivity contribution in [3.8, 4) is 11.3 Å². The summed E-state index contributed by atoms with van der Waals surface area (Å²) in [4.78, 5) is 4.65. The van der Waals surface area contributed by atoms with Crippen LogP contribution in [0.15, 0.2) is 36.5 Å². The van der Waals surface area contributed by atoms with Gasteiger partial charge < -0.3 is 0 Å². The molecular weight excluding hydrogens is 393 g/mol. The minimum Gasteiger partial charge on any atom is -0.256 e. The van der Waals surface area contributed by atoms with Crippen molar-refractivity contribution in [1.82, 2.24) is 4.98 Å². The third kappa shape index (κ3) is 7.71. The molecule has 0 radical (unpaired) electrons. The largest absolute Gasteiger partial charge is 0.256 e. The zero-order valence-corrected chi connectivity index (χ0v) is 20.6. The topological polar surface area (TPSA) is 12.9 Å². The van der Waals surface area contributed by atoms with E-state index in [4.69, 9.17) is 0 Å². The smallest absolute Gasteiger partial charge is 0.132 e. The maximum absolute atomic E-state index is 14.7. The molecule has 32 heavy (non-hydrogen) atoms. The Bertz CT molecular complexity index is 774. The van der Waals surface area contributed by atoms with Crippen LogP contribution in [0.4, 0.5) is 4.39 Å². The number of hydrogen-bond donors (Lipinski definition) is 0. The molecule has 1 aliphatic carbocycles. The minimum absolute atomic E-state index is 0.144. The minimum atomic E-state index is -0.144. The Morgan fingerprint density at radius 2 is 1.53 bits per heavy atom. The number of unbranched alkanes of at least 4 members (excludes halogenated alkanes) is 7. The average Bonchev–Trinajstić information content (AvgIpc) is 2.82. The zero-order chi connectivity index (χ0) is 22.6. The van der Waals surface area contributed by atoms with E-state index in [1.165, 1.54) is 89.0 Å². The molecule has 1 fully saturated rings. The Hall–Kier alpha value is -1.70.